The summed E-state index contributed by atoms with van der Waals surface area (Å²) >= 11 is 6.21. The fraction of sp³-hybridized carbons (Fsp3) is 0.684. The molecule has 0 spiro atoms. The number of aryl methyl sites for hydroxylation is 2. The highest BCUT2D eigenvalue weighted by Gasteiger charge is 2.37. The Kier molecular flexibility index (Phi) is 5.19. The van der Waals surface area contributed by atoms with Gasteiger partial charge in [-0.2, -0.15) is 0 Å². The van der Waals surface area contributed by atoms with Crippen LogP contribution in [-0.4, -0.2) is 41.3 Å². The number of halogens is 1. The zero-order chi connectivity index (χ0) is 16.4. The molecule has 0 aromatic heterocycles. The van der Waals surface area contributed by atoms with Crippen LogP contribution >= 0.6 is 11.6 Å². The minimum atomic E-state index is -0.734. The van der Waals surface area contributed by atoms with Gasteiger partial charge in [0.05, 0.1) is 0 Å². The summed E-state index contributed by atoms with van der Waals surface area (Å²) in [6.07, 6.45) is 7.11. The Labute approximate surface area is 144 Å². The summed E-state index contributed by atoms with van der Waals surface area (Å²) in [6.45, 7) is 6.19. The van der Waals surface area contributed by atoms with Gasteiger partial charge in [-0.3, -0.25) is 4.90 Å². The second-order valence-electron chi connectivity index (χ2n) is 7.40. The highest BCUT2D eigenvalue weighted by atomic mass is 35.5. The minimum absolute atomic E-state index is 0.358. The van der Waals surface area contributed by atoms with Crippen molar-refractivity contribution in [3.63, 3.8) is 0 Å². The molecule has 1 heterocycles. The number of benzene rings is 1. The highest BCUT2D eigenvalue weighted by molar-refractivity contribution is 6.32. The average molecular weight is 338 g/mol. The standard InChI is InChI=1S/C19H28ClNO2/c1-14-10-17(11-15(2)18(14)20)23-13-19(22)8-5-9-21(12-19)16-6-3-4-7-16/h10-11,16,22H,3-9,12-13H2,1-2H3/t19-/m0/s1. The molecule has 4 heteroatoms. The van der Waals surface area contributed by atoms with Crippen LogP contribution in [0, 0.1) is 13.8 Å². The fourth-order valence-corrected chi connectivity index (χ4v) is 4.16. The summed E-state index contributed by atoms with van der Waals surface area (Å²) in [5.41, 5.74) is 1.30. The maximum atomic E-state index is 11.0. The first-order valence-electron chi connectivity index (χ1n) is 8.83. The second-order valence-corrected chi connectivity index (χ2v) is 7.77. The first-order chi connectivity index (χ1) is 11.0. The molecule has 1 saturated heterocycles. The number of hydrogen-bond acceptors (Lipinski definition) is 3. The third-order valence-corrected chi connectivity index (χ3v) is 5.94. The van der Waals surface area contributed by atoms with Gasteiger partial charge in [0.25, 0.3) is 0 Å². The van der Waals surface area contributed by atoms with Crippen LogP contribution in [0.2, 0.25) is 5.02 Å². The predicted molar refractivity (Wildman–Crippen MR) is 94.4 cm³/mol. The number of hydrogen-bond donors (Lipinski definition) is 1. The van der Waals surface area contributed by atoms with E-state index in [-0.39, 0.29) is 0 Å². The van der Waals surface area contributed by atoms with E-state index < -0.39 is 5.60 Å². The van der Waals surface area contributed by atoms with Crippen molar-refractivity contribution in [1.29, 1.82) is 0 Å². The molecule has 0 radical (unpaired) electrons. The molecule has 1 saturated carbocycles. The Bertz CT molecular complexity index is 533. The largest absolute Gasteiger partial charge is 0.491 e. The summed E-state index contributed by atoms with van der Waals surface area (Å²) in [6, 6.07) is 4.58. The van der Waals surface area contributed by atoms with E-state index in [2.05, 4.69) is 4.90 Å². The lowest BCUT2D eigenvalue weighted by molar-refractivity contribution is -0.0695. The summed E-state index contributed by atoms with van der Waals surface area (Å²) in [4.78, 5) is 2.48. The lowest BCUT2D eigenvalue weighted by Crippen LogP contribution is -2.54. The van der Waals surface area contributed by atoms with Crippen molar-refractivity contribution < 1.29 is 9.84 Å². The molecule has 1 aromatic carbocycles. The fourth-order valence-electron chi connectivity index (χ4n) is 4.05. The molecule has 0 amide bonds. The van der Waals surface area contributed by atoms with Gasteiger partial charge in [-0.25, -0.2) is 0 Å². The zero-order valence-corrected chi connectivity index (χ0v) is 15.0. The van der Waals surface area contributed by atoms with Gasteiger partial charge in [0.15, 0.2) is 0 Å². The van der Waals surface area contributed by atoms with Crippen LogP contribution in [0.3, 0.4) is 0 Å². The summed E-state index contributed by atoms with van der Waals surface area (Å²) in [5.74, 6) is 0.802. The average Bonchev–Trinajstić information content (AvgIpc) is 3.05. The van der Waals surface area contributed by atoms with E-state index in [4.69, 9.17) is 16.3 Å². The Hall–Kier alpha value is -0.770. The molecule has 1 atom stereocenters. The first kappa shape index (κ1) is 17.1. The third kappa shape index (κ3) is 4.01. The molecule has 2 fully saturated rings. The smallest absolute Gasteiger partial charge is 0.120 e. The van der Waals surface area contributed by atoms with E-state index in [0.29, 0.717) is 12.6 Å². The maximum absolute atomic E-state index is 11.0. The molecule has 3 rings (SSSR count). The van der Waals surface area contributed by atoms with Crippen molar-refractivity contribution in [2.75, 3.05) is 19.7 Å². The molecule has 23 heavy (non-hydrogen) atoms. The molecule has 0 unspecified atom stereocenters. The lowest BCUT2D eigenvalue weighted by Gasteiger charge is -2.41. The summed E-state index contributed by atoms with van der Waals surface area (Å²) in [7, 11) is 0. The number of piperidine rings is 1. The van der Waals surface area contributed by atoms with Gasteiger partial charge in [0.1, 0.15) is 18.0 Å². The van der Waals surface area contributed by atoms with Gasteiger partial charge in [-0.15, -0.1) is 0 Å². The van der Waals surface area contributed by atoms with Crippen LogP contribution in [0.4, 0.5) is 0 Å². The van der Waals surface area contributed by atoms with Crippen LogP contribution in [-0.2, 0) is 0 Å². The second kappa shape index (κ2) is 7.00. The van der Waals surface area contributed by atoms with E-state index >= 15 is 0 Å². The number of β-amino-alcohol motifs (C(OH)–C–C–N with tert-alkyl or cyclic N) is 1. The number of likely N-dealkylation sites (tertiary alicyclic amines) is 1. The van der Waals surface area contributed by atoms with Crippen LogP contribution in [0.25, 0.3) is 0 Å². The molecule has 1 aliphatic carbocycles. The van der Waals surface area contributed by atoms with Crippen LogP contribution in [0.5, 0.6) is 5.75 Å². The molecule has 1 aliphatic heterocycles. The van der Waals surface area contributed by atoms with Gasteiger partial charge in [0, 0.05) is 17.6 Å². The molecule has 0 bridgehead atoms. The molecular weight excluding hydrogens is 310 g/mol. The quantitative estimate of drug-likeness (QED) is 0.897. The minimum Gasteiger partial charge on any atom is -0.491 e. The van der Waals surface area contributed by atoms with Crippen LogP contribution in [0.15, 0.2) is 12.1 Å². The van der Waals surface area contributed by atoms with E-state index in [1.807, 2.05) is 26.0 Å². The van der Waals surface area contributed by atoms with Crippen molar-refractivity contribution >= 4 is 11.6 Å². The molecule has 1 aromatic rings. The van der Waals surface area contributed by atoms with E-state index in [0.717, 1.165) is 47.8 Å². The Balaban J connectivity index is 1.62. The molecule has 3 nitrogen and oxygen atoms in total. The highest BCUT2D eigenvalue weighted by Crippen LogP contribution is 2.31. The summed E-state index contributed by atoms with van der Waals surface area (Å²) < 4.78 is 5.94. The SMILES string of the molecule is Cc1cc(OC[C@]2(O)CCCN(C3CCCC3)C2)cc(C)c1Cl. The Morgan fingerprint density at radius 1 is 1.22 bits per heavy atom. The van der Waals surface area contributed by atoms with E-state index in [1.54, 1.807) is 0 Å². The van der Waals surface area contributed by atoms with Gasteiger partial charge in [0.2, 0.25) is 0 Å². The Morgan fingerprint density at radius 2 is 1.87 bits per heavy atom. The molecular formula is C19H28ClNO2. The van der Waals surface area contributed by atoms with E-state index in [9.17, 15) is 5.11 Å². The zero-order valence-electron chi connectivity index (χ0n) is 14.3. The van der Waals surface area contributed by atoms with Gasteiger partial charge in [-0.05, 0) is 69.3 Å². The number of ether oxygens (including phenoxy) is 1. The Morgan fingerprint density at radius 3 is 2.52 bits per heavy atom. The molecule has 1 N–H and O–H groups in total. The van der Waals surface area contributed by atoms with E-state index in [1.165, 1.54) is 25.7 Å². The van der Waals surface area contributed by atoms with Gasteiger partial charge >= 0.3 is 0 Å². The maximum Gasteiger partial charge on any atom is 0.120 e. The van der Waals surface area contributed by atoms with Crippen molar-refractivity contribution in [2.45, 2.75) is 64.0 Å². The molecule has 128 valence electrons. The normalized spacial score (nSPS) is 26.6. The topological polar surface area (TPSA) is 32.7 Å². The van der Waals surface area contributed by atoms with Crippen molar-refractivity contribution in [1.82, 2.24) is 4.90 Å². The predicted octanol–water partition coefficient (Wildman–Crippen LogP) is 4.11. The van der Waals surface area contributed by atoms with Crippen LogP contribution < -0.4 is 4.74 Å². The number of nitrogens with zero attached hydrogens (tertiary/aromatic N) is 1. The number of aliphatic hydroxyl groups is 1. The van der Waals surface area contributed by atoms with Crippen molar-refractivity contribution in [2.24, 2.45) is 0 Å². The van der Waals surface area contributed by atoms with Crippen LogP contribution in [0.1, 0.15) is 49.7 Å². The van der Waals surface area contributed by atoms with Gasteiger partial charge < -0.3 is 9.84 Å². The van der Waals surface area contributed by atoms with Crippen molar-refractivity contribution in [3.8, 4) is 5.75 Å². The molecule has 2 aliphatic rings. The van der Waals surface area contributed by atoms with Crippen molar-refractivity contribution in [3.05, 3.63) is 28.3 Å². The monoisotopic (exact) mass is 337 g/mol. The summed E-state index contributed by atoms with van der Waals surface area (Å²) in [5, 5.41) is 11.8. The van der Waals surface area contributed by atoms with Gasteiger partial charge in [-0.1, -0.05) is 24.4 Å². The third-order valence-electron chi connectivity index (χ3n) is 5.34. The number of rotatable bonds is 4. The lowest BCUT2D eigenvalue weighted by atomic mass is 9.92. The first-order valence-corrected chi connectivity index (χ1v) is 9.21.